The van der Waals surface area contributed by atoms with Gasteiger partial charge in [-0.25, -0.2) is 4.98 Å². The fourth-order valence-electron chi connectivity index (χ4n) is 1.69. The smallest absolute Gasteiger partial charge is 0.133 e. The van der Waals surface area contributed by atoms with Gasteiger partial charge in [0.2, 0.25) is 0 Å². The SMILES string of the molecule is CC(C)(C)c1c[nH]c2ccnc(N)c12. The molecule has 0 aliphatic rings. The summed E-state index contributed by atoms with van der Waals surface area (Å²) in [6, 6.07) is 1.95. The van der Waals surface area contributed by atoms with Gasteiger partial charge in [0, 0.05) is 17.8 Å². The summed E-state index contributed by atoms with van der Waals surface area (Å²) in [5.41, 5.74) is 8.24. The van der Waals surface area contributed by atoms with Gasteiger partial charge in [0.15, 0.2) is 0 Å². The number of anilines is 1. The first kappa shape index (κ1) is 9.06. The summed E-state index contributed by atoms with van der Waals surface area (Å²) in [4.78, 5) is 7.33. The maximum atomic E-state index is 5.87. The van der Waals surface area contributed by atoms with E-state index in [2.05, 4.69) is 30.7 Å². The topological polar surface area (TPSA) is 54.7 Å². The van der Waals surface area contributed by atoms with Crippen molar-refractivity contribution in [1.29, 1.82) is 0 Å². The molecule has 0 aliphatic carbocycles. The van der Waals surface area contributed by atoms with E-state index in [4.69, 9.17) is 5.73 Å². The highest BCUT2D eigenvalue weighted by atomic mass is 14.8. The monoisotopic (exact) mass is 189 g/mol. The Balaban J connectivity index is 2.80. The van der Waals surface area contributed by atoms with E-state index in [1.54, 1.807) is 6.20 Å². The molecule has 0 saturated heterocycles. The lowest BCUT2D eigenvalue weighted by Crippen LogP contribution is -2.10. The van der Waals surface area contributed by atoms with Crippen LogP contribution in [0.2, 0.25) is 0 Å². The van der Waals surface area contributed by atoms with Gasteiger partial charge < -0.3 is 10.7 Å². The van der Waals surface area contributed by atoms with Gasteiger partial charge in [-0.2, -0.15) is 0 Å². The third kappa shape index (κ3) is 1.25. The lowest BCUT2D eigenvalue weighted by Gasteiger charge is -2.17. The second-order valence-corrected chi connectivity index (χ2v) is 4.57. The maximum Gasteiger partial charge on any atom is 0.133 e. The predicted molar refractivity (Wildman–Crippen MR) is 59.2 cm³/mol. The van der Waals surface area contributed by atoms with E-state index in [-0.39, 0.29) is 5.41 Å². The second kappa shape index (κ2) is 2.74. The van der Waals surface area contributed by atoms with Crippen LogP contribution >= 0.6 is 0 Å². The number of nitrogen functional groups attached to an aromatic ring is 1. The van der Waals surface area contributed by atoms with Crippen molar-refractivity contribution in [2.75, 3.05) is 5.73 Å². The normalized spacial score (nSPS) is 12.2. The van der Waals surface area contributed by atoms with Crippen molar-refractivity contribution in [2.45, 2.75) is 26.2 Å². The Morgan fingerprint density at radius 2 is 2.07 bits per heavy atom. The number of hydrogen-bond donors (Lipinski definition) is 2. The molecule has 2 heterocycles. The Labute approximate surface area is 83.3 Å². The number of aromatic nitrogens is 2. The van der Waals surface area contributed by atoms with Crippen LogP contribution in [0.5, 0.6) is 0 Å². The van der Waals surface area contributed by atoms with E-state index in [1.165, 1.54) is 5.56 Å². The van der Waals surface area contributed by atoms with Crippen LogP contribution in [0.1, 0.15) is 26.3 Å². The largest absolute Gasteiger partial charge is 0.383 e. The minimum absolute atomic E-state index is 0.0927. The number of hydrogen-bond acceptors (Lipinski definition) is 2. The fourth-order valence-corrected chi connectivity index (χ4v) is 1.69. The number of fused-ring (bicyclic) bond motifs is 1. The van der Waals surface area contributed by atoms with E-state index in [9.17, 15) is 0 Å². The van der Waals surface area contributed by atoms with Crippen molar-refractivity contribution >= 4 is 16.7 Å². The third-order valence-electron chi connectivity index (χ3n) is 2.43. The number of H-pyrrole nitrogens is 1. The van der Waals surface area contributed by atoms with Crippen LogP contribution in [0.25, 0.3) is 10.9 Å². The summed E-state index contributed by atoms with van der Waals surface area (Å²) >= 11 is 0. The summed E-state index contributed by atoms with van der Waals surface area (Å²) in [5.74, 6) is 0.605. The molecule has 3 N–H and O–H groups in total. The molecule has 0 aliphatic heterocycles. The van der Waals surface area contributed by atoms with Gasteiger partial charge in [0.05, 0.1) is 5.52 Å². The first-order valence-corrected chi connectivity index (χ1v) is 4.72. The van der Waals surface area contributed by atoms with Crippen LogP contribution in [-0.2, 0) is 5.41 Å². The third-order valence-corrected chi connectivity index (χ3v) is 2.43. The van der Waals surface area contributed by atoms with Gasteiger partial charge in [-0.05, 0) is 17.0 Å². The van der Waals surface area contributed by atoms with Gasteiger partial charge >= 0.3 is 0 Å². The molecule has 0 aromatic carbocycles. The molecule has 0 atom stereocenters. The standard InChI is InChI=1S/C11H15N3/c1-11(2,3)7-6-14-8-4-5-13-10(12)9(7)8/h4-6,14H,1-3H3,(H2,12,13). The number of pyridine rings is 1. The quantitative estimate of drug-likeness (QED) is 0.668. The lowest BCUT2D eigenvalue weighted by atomic mass is 9.87. The molecular formula is C11H15N3. The first-order chi connectivity index (χ1) is 6.50. The Morgan fingerprint density at radius 3 is 2.71 bits per heavy atom. The molecule has 2 aromatic rings. The minimum atomic E-state index is 0.0927. The minimum Gasteiger partial charge on any atom is -0.383 e. The molecule has 0 amide bonds. The highest BCUT2D eigenvalue weighted by Crippen LogP contribution is 2.32. The number of aromatic amines is 1. The van der Waals surface area contributed by atoms with Crippen molar-refractivity contribution in [3.8, 4) is 0 Å². The zero-order valence-corrected chi connectivity index (χ0v) is 8.76. The fraction of sp³-hybridized carbons (Fsp3) is 0.364. The van der Waals surface area contributed by atoms with E-state index >= 15 is 0 Å². The second-order valence-electron chi connectivity index (χ2n) is 4.57. The molecule has 0 radical (unpaired) electrons. The van der Waals surface area contributed by atoms with E-state index in [0.717, 1.165) is 10.9 Å². The molecule has 0 unspecified atom stereocenters. The number of nitrogens with two attached hydrogens (primary N) is 1. The summed E-state index contributed by atoms with van der Waals surface area (Å²) in [6.07, 6.45) is 3.74. The predicted octanol–water partition coefficient (Wildman–Crippen LogP) is 2.44. The Hall–Kier alpha value is -1.51. The van der Waals surface area contributed by atoms with E-state index < -0.39 is 0 Å². The van der Waals surface area contributed by atoms with Gasteiger partial charge in [-0.15, -0.1) is 0 Å². The molecule has 0 bridgehead atoms. The Morgan fingerprint density at radius 1 is 1.36 bits per heavy atom. The van der Waals surface area contributed by atoms with E-state index in [0.29, 0.717) is 5.82 Å². The van der Waals surface area contributed by atoms with Crippen LogP contribution in [0.3, 0.4) is 0 Å². The van der Waals surface area contributed by atoms with Crippen LogP contribution in [-0.4, -0.2) is 9.97 Å². The Bertz CT molecular complexity index is 463. The highest BCUT2D eigenvalue weighted by molar-refractivity contribution is 5.92. The zero-order valence-electron chi connectivity index (χ0n) is 8.76. The van der Waals surface area contributed by atoms with Gasteiger partial charge in [0.1, 0.15) is 5.82 Å². The summed E-state index contributed by atoms with van der Waals surface area (Å²) in [7, 11) is 0. The molecule has 3 heteroatoms. The molecule has 2 aromatic heterocycles. The van der Waals surface area contributed by atoms with Crippen molar-refractivity contribution < 1.29 is 0 Å². The number of rotatable bonds is 0. The number of nitrogens with one attached hydrogen (secondary N) is 1. The van der Waals surface area contributed by atoms with Crippen LogP contribution in [0.4, 0.5) is 5.82 Å². The molecule has 0 saturated carbocycles. The summed E-state index contributed by atoms with van der Waals surface area (Å²) in [5, 5.41) is 1.06. The highest BCUT2D eigenvalue weighted by Gasteiger charge is 2.19. The average Bonchev–Trinajstić information content (AvgIpc) is 2.47. The lowest BCUT2D eigenvalue weighted by molar-refractivity contribution is 0.596. The zero-order chi connectivity index (χ0) is 10.3. The van der Waals surface area contributed by atoms with Gasteiger partial charge in [0.25, 0.3) is 0 Å². The number of nitrogens with zero attached hydrogens (tertiary/aromatic N) is 1. The molecule has 74 valence electrons. The molecule has 14 heavy (non-hydrogen) atoms. The summed E-state index contributed by atoms with van der Waals surface area (Å²) < 4.78 is 0. The van der Waals surface area contributed by atoms with Crippen LogP contribution in [0.15, 0.2) is 18.5 Å². The van der Waals surface area contributed by atoms with Crippen molar-refractivity contribution in [3.63, 3.8) is 0 Å². The molecular weight excluding hydrogens is 174 g/mol. The molecule has 3 nitrogen and oxygen atoms in total. The van der Waals surface area contributed by atoms with E-state index in [1.807, 2.05) is 12.3 Å². The maximum absolute atomic E-state index is 5.87. The first-order valence-electron chi connectivity index (χ1n) is 4.72. The average molecular weight is 189 g/mol. The van der Waals surface area contributed by atoms with Crippen molar-refractivity contribution in [1.82, 2.24) is 9.97 Å². The van der Waals surface area contributed by atoms with Crippen LogP contribution < -0.4 is 5.73 Å². The molecule has 0 fully saturated rings. The Kier molecular flexibility index (Phi) is 1.77. The van der Waals surface area contributed by atoms with Gasteiger partial charge in [-0.1, -0.05) is 20.8 Å². The summed E-state index contributed by atoms with van der Waals surface area (Å²) in [6.45, 7) is 6.51. The van der Waals surface area contributed by atoms with Gasteiger partial charge in [-0.3, -0.25) is 0 Å². The van der Waals surface area contributed by atoms with Crippen molar-refractivity contribution in [3.05, 3.63) is 24.0 Å². The van der Waals surface area contributed by atoms with Crippen LogP contribution in [0, 0.1) is 0 Å². The molecule has 0 spiro atoms. The van der Waals surface area contributed by atoms with Crippen molar-refractivity contribution in [2.24, 2.45) is 0 Å². The molecule has 2 rings (SSSR count).